The van der Waals surface area contributed by atoms with E-state index >= 15 is 0 Å². The lowest BCUT2D eigenvalue weighted by Crippen LogP contribution is -2.38. The van der Waals surface area contributed by atoms with Gasteiger partial charge < -0.3 is 10.6 Å². The van der Waals surface area contributed by atoms with Gasteiger partial charge in [0.05, 0.1) is 0 Å². The maximum atomic E-state index is 6.12. The molecular formula is C14H24N2. The average molecular weight is 220 g/mol. The van der Waals surface area contributed by atoms with Gasteiger partial charge in [-0.05, 0) is 39.3 Å². The van der Waals surface area contributed by atoms with E-state index in [1.54, 1.807) is 0 Å². The van der Waals surface area contributed by atoms with Crippen LogP contribution in [0, 0.1) is 0 Å². The number of rotatable bonds is 6. The summed E-state index contributed by atoms with van der Waals surface area (Å²) in [6, 6.07) is 11.4. The molecule has 16 heavy (non-hydrogen) atoms. The molecule has 1 aromatic rings. The molecule has 0 saturated heterocycles. The van der Waals surface area contributed by atoms with Crippen LogP contribution in [0.4, 0.5) is 0 Å². The van der Waals surface area contributed by atoms with Crippen molar-refractivity contribution < 1.29 is 0 Å². The Kier molecular flexibility index (Phi) is 5.50. The zero-order valence-corrected chi connectivity index (χ0v) is 10.7. The third kappa shape index (κ3) is 4.77. The smallest absolute Gasteiger partial charge is 0.0170 e. The molecule has 0 fully saturated rings. The van der Waals surface area contributed by atoms with E-state index in [-0.39, 0.29) is 6.04 Å². The Morgan fingerprint density at radius 2 is 1.81 bits per heavy atom. The number of nitrogens with zero attached hydrogens (tertiary/aromatic N) is 1. The number of hydrogen-bond acceptors (Lipinski definition) is 2. The van der Waals surface area contributed by atoms with Crippen LogP contribution in [0.3, 0.4) is 0 Å². The minimum atomic E-state index is 0.271. The molecule has 0 heterocycles. The number of aryl methyl sites for hydroxylation is 1. The summed E-state index contributed by atoms with van der Waals surface area (Å²) in [6.07, 6.45) is 2.13. The molecule has 0 saturated carbocycles. The van der Waals surface area contributed by atoms with Crippen LogP contribution >= 0.6 is 0 Å². The molecule has 0 aliphatic carbocycles. The molecule has 2 N–H and O–H groups in total. The molecule has 1 unspecified atom stereocenters. The zero-order valence-electron chi connectivity index (χ0n) is 10.7. The van der Waals surface area contributed by atoms with Crippen molar-refractivity contribution in [2.75, 3.05) is 13.6 Å². The Balaban J connectivity index is 2.28. The Bertz CT molecular complexity index is 282. The van der Waals surface area contributed by atoms with Gasteiger partial charge in [0.1, 0.15) is 0 Å². The Hall–Kier alpha value is -0.860. The summed E-state index contributed by atoms with van der Waals surface area (Å²) >= 11 is 0. The summed E-state index contributed by atoms with van der Waals surface area (Å²) in [5.41, 5.74) is 7.50. The van der Waals surface area contributed by atoms with Crippen LogP contribution in [0.5, 0.6) is 0 Å². The third-order valence-corrected chi connectivity index (χ3v) is 3.05. The van der Waals surface area contributed by atoms with Crippen LogP contribution in [-0.2, 0) is 6.42 Å². The fourth-order valence-corrected chi connectivity index (χ4v) is 1.67. The predicted molar refractivity (Wildman–Crippen MR) is 70.5 cm³/mol. The standard InChI is InChI=1S/C14H24N2/c1-12(2)16(3)11-14(15)10-9-13-7-5-4-6-8-13/h4-8,12,14H,9-11,15H2,1-3H3. The quantitative estimate of drug-likeness (QED) is 0.797. The number of likely N-dealkylation sites (N-methyl/N-ethyl adjacent to an activating group) is 1. The highest BCUT2D eigenvalue weighted by Crippen LogP contribution is 2.05. The highest BCUT2D eigenvalue weighted by molar-refractivity contribution is 5.14. The molecule has 90 valence electrons. The first-order valence-corrected chi connectivity index (χ1v) is 6.09. The first-order chi connectivity index (χ1) is 7.59. The lowest BCUT2D eigenvalue weighted by Gasteiger charge is -2.24. The van der Waals surface area contributed by atoms with Crippen LogP contribution in [0.25, 0.3) is 0 Å². The Morgan fingerprint density at radius 1 is 1.19 bits per heavy atom. The maximum absolute atomic E-state index is 6.12. The van der Waals surface area contributed by atoms with Crippen molar-refractivity contribution in [1.29, 1.82) is 0 Å². The van der Waals surface area contributed by atoms with E-state index in [1.165, 1.54) is 5.56 Å². The van der Waals surface area contributed by atoms with Crippen LogP contribution < -0.4 is 5.73 Å². The highest BCUT2D eigenvalue weighted by Gasteiger charge is 2.09. The molecule has 1 rings (SSSR count). The molecule has 0 amide bonds. The largest absolute Gasteiger partial charge is 0.327 e. The highest BCUT2D eigenvalue weighted by atomic mass is 15.1. The zero-order chi connectivity index (χ0) is 12.0. The van der Waals surface area contributed by atoms with Gasteiger partial charge in [-0.3, -0.25) is 0 Å². The molecule has 0 bridgehead atoms. The van der Waals surface area contributed by atoms with Crippen molar-refractivity contribution in [3.8, 4) is 0 Å². The Labute approximate surface area is 99.5 Å². The first-order valence-electron chi connectivity index (χ1n) is 6.09. The summed E-state index contributed by atoms with van der Waals surface area (Å²) in [6.45, 7) is 5.37. The van der Waals surface area contributed by atoms with Crippen LogP contribution in [-0.4, -0.2) is 30.6 Å². The maximum Gasteiger partial charge on any atom is 0.0170 e. The lowest BCUT2D eigenvalue weighted by molar-refractivity contribution is 0.252. The van der Waals surface area contributed by atoms with Gasteiger partial charge >= 0.3 is 0 Å². The molecule has 0 spiro atoms. The first kappa shape index (κ1) is 13.2. The van der Waals surface area contributed by atoms with E-state index in [2.05, 4.69) is 56.1 Å². The van der Waals surface area contributed by atoms with Crippen molar-refractivity contribution >= 4 is 0 Å². The molecule has 0 radical (unpaired) electrons. The predicted octanol–water partition coefficient (Wildman–Crippen LogP) is 2.29. The van der Waals surface area contributed by atoms with Crippen LogP contribution in [0.1, 0.15) is 25.8 Å². The number of hydrogen-bond donors (Lipinski definition) is 1. The summed E-state index contributed by atoms with van der Waals surface area (Å²) in [5, 5.41) is 0. The molecule has 0 aromatic heterocycles. The van der Waals surface area contributed by atoms with Gasteiger partial charge in [-0.15, -0.1) is 0 Å². The molecule has 2 heteroatoms. The minimum absolute atomic E-state index is 0.271. The van der Waals surface area contributed by atoms with Gasteiger partial charge in [-0.25, -0.2) is 0 Å². The van der Waals surface area contributed by atoms with Crippen molar-refractivity contribution in [3.05, 3.63) is 35.9 Å². The fourth-order valence-electron chi connectivity index (χ4n) is 1.67. The summed E-state index contributed by atoms with van der Waals surface area (Å²) in [4.78, 5) is 2.30. The fraction of sp³-hybridized carbons (Fsp3) is 0.571. The van der Waals surface area contributed by atoms with Crippen LogP contribution in [0.2, 0.25) is 0 Å². The second-order valence-corrected chi connectivity index (χ2v) is 4.82. The average Bonchev–Trinajstić information content (AvgIpc) is 2.27. The topological polar surface area (TPSA) is 29.3 Å². The van der Waals surface area contributed by atoms with E-state index < -0.39 is 0 Å². The Morgan fingerprint density at radius 3 is 2.38 bits per heavy atom. The van der Waals surface area contributed by atoms with Crippen molar-refractivity contribution in [3.63, 3.8) is 0 Å². The van der Waals surface area contributed by atoms with Gasteiger partial charge in [-0.1, -0.05) is 30.3 Å². The SMILES string of the molecule is CC(C)N(C)CC(N)CCc1ccccc1. The third-order valence-electron chi connectivity index (χ3n) is 3.05. The van der Waals surface area contributed by atoms with E-state index in [0.717, 1.165) is 19.4 Å². The number of nitrogens with two attached hydrogens (primary N) is 1. The summed E-state index contributed by atoms with van der Waals surface area (Å²) in [5.74, 6) is 0. The minimum Gasteiger partial charge on any atom is -0.327 e. The monoisotopic (exact) mass is 220 g/mol. The van der Waals surface area contributed by atoms with Crippen molar-refractivity contribution in [2.24, 2.45) is 5.73 Å². The van der Waals surface area contributed by atoms with E-state index in [4.69, 9.17) is 5.73 Å². The summed E-state index contributed by atoms with van der Waals surface area (Å²) in [7, 11) is 2.13. The van der Waals surface area contributed by atoms with Gasteiger partial charge in [0.15, 0.2) is 0 Å². The second kappa shape index (κ2) is 6.66. The summed E-state index contributed by atoms with van der Waals surface area (Å²) < 4.78 is 0. The van der Waals surface area contributed by atoms with E-state index in [1.807, 2.05) is 0 Å². The van der Waals surface area contributed by atoms with Crippen LogP contribution in [0.15, 0.2) is 30.3 Å². The molecule has 2 nitrogen and oxygen atoms in total. The molecule has 0 aliphatic rings. The van der Waals surface area contributed by atoms with E-state index in [9.17, 15) is 0 Å². The van der Waals surface area contributed by atoms with Crippen molar-refractivity contribution in [2.45, 2.75) is 38.8 Å². The lowest BCUT2D eigenvalue weighted by atomic mass is 10.1. The van der Waals surface area contributed by atoms with E-state index in [0.29, 0.717) is 6.04 Å². The van der Waals surface area contributed by atoms with Crippen molar-refractivity contribution in [1.82, 2.24) is 4.90 Å². The molecule has 0 aliphatic heterocycles. The molecular weight excluding hydrogens is 196 g/mol. The molecule has 1 aromatic carbocycles. The second-order valence-electron chi connectivity index (χ2n) is 4.82. The van der Waals surface area contributed by atoms with Gasteiger partial charge in [0, 0.05) is 18.6 Å². The normalized spacial score (nSPS) is 13.4. The van der Waals surface area contributed by atoms with Gasteiger partial charge in [0.25, 0.3) is 0 Å². The number of benzene rings is 1. The van der Waals surface area contributed by atoms with Gasteiger partial charge in [0.2, 0.25) is 0 Å². The van der Waals surface area contributed by atoms with Gasteiger partial charge in [-0.2, -0.15) is 0 Å². The molecule has 1 atom stereocenters.